The van der Waals surface area contributed by atoms with Crippen molar-refractivity contribution in [2.75, 3.05) is 17.7 Å². The molecule has 4 heterocycles. The van der Waals surface area contributed by atoms with E-state index in [1.54, 1.807) is 6.20 Å². The Balaban J connectivity index is 1.91. The van der Waals surface area contributed by atoms with Gasteiger partial charge < -0.3 is 35.3 Å². The number of nitrogens with two attached hydrogens (primary N) is 1. The van der Waals surface area contributed by atoms with Crippen molar-refractivity contribution in [1.29, 1.82) is 0 Å². The monoisotopic (exact) mass is 389 g/mol. The molecular formula is C17H19N5O6. The van der Waals surface area contributed by atoms with E-state index in [0.717, 1.165) is 0 Å². The minimum atomic E-state index is -1.68. The number of aliphatic hydroxyl groups excluding tert-OH is 1. The Morgan fingerprint density at radius 3 is 2.96 bits per heavy atom. The summed E-state index contributed by atoms with van der Waals surface area (Å²) in [4.78, 5) is 31.6. The average molecular weight is 389 g/mol. The van der Waals surface area contributed by atoms with Crippen molar-refractivity contribution < 1.29 is 24.5 Å². The maximum atomic E-state index is 11.9. The van der Waals surface area contributed by atoms with Gasteiger partial charge in [-0.3, -0.25) is 9.59 Å². The summed E-state index contributed by atoms with van der Waals surface area (Å²) in [5.74, 6) is 0.0113. The predicted molar refractivity (Wildman–Crippen MR) is 99.4 cm³/mol. The molecule has 148 valence electrons. The Hall–Kier alpha value is -3.02. The van der Waals surface area contributed by atoms with Gasteiger partial charge in [-0.2, -0.15) is 4.98 Å². The van der Waals surface area contributed by atoms with Crippen molar-refractivity contribution in [1.82, 2.24) is 9.55 Å². The smallest absolute Gasteiger partial charge is 0.303 e. The zero-order valence-electron chi connectivity index (χ0n) is 15.1. The van der Waals surface area contributed by atoms with Gasteiger partial charge in [0.25, 0.3) is 5.56 Å². The molecule has 28 heavy (non-hydrogen) atoms. The number of carbonyl (C=O) groups is 1. The summed E-state index contributed by atoms with van der Waals surface area (Å²) in [5, 5.41) is 24.5. The van der Waals surface area contributed by atoms with Crippen LogP contribution in [0.25, 0.3) is 10.8 Å². The summed E-state index contributed by atoms with van der Waals surface area (Å²) < 4.78 is 12.5. The molecule has 4 rings (SSSR count). The molecule has 11 nitrogen and oxygen atoms in total. The number of anilines is 2. The molecule has 2 aliphatic rings. The standard InChI is InChI=1S/C17H19N5O6/c1-7(24)27-13-10(5-23)28-16(17(13,2)26)22-4-8-9(18)3-11(25)21-14-12(8)15(22)20-6-19-14/h3-4,6,10,13,16,23,26H,5,18H2,1-2H3,(H,19,20,21,25)/t10-,13-,16-,17+/m1/s1. The van der Waals surface area contributed by atoms with E-state index in [1.165, 1.54) is 30.8 Å². The second kappa shape index (κ2) is 6.26. The Labute approximate surface area is 158 Å². The first kappa shape index (κ1) is 18.3. The van der Waals surface area contributed by atoms with Gasteiger partial charge in [0.2, 0.25) is 0 Å². The fraction of sp³-hybridized carbons (Fsp3) is 0.412. The summed E-state index contributed by atoms with van der Waals surface area (Å²) >= 11 is 0. The number of aliphatic hydroxyl groups is 2. The largest absolute Gasteiger partial charge is 0.456 e. The van der Waals surface area contributed by atoms with Crippen molar-refractivity contribution in [3.05, 3.63) is 22.6 Å². The van der Waals surface area contributed by atoms with Gasteiger partial charge in [0.1, 0.15) is 23.3 Å². The number of ether oxygens (including phenoxy) is 2. The van der Waals surface area contributed by atoms with Crippen LogP contribution in [0.4, 0.5) is 17.3 Å². The molecule has 0 amide bonds. The molecule has 0 radical (unpaired) electrons. The lowest BCUT2D eigenvalue weighted by Crippen LogP contribution is -2.46. The van der Waals surface area contributed by atoms with Crippen LogP contribution in [-0.4, -0.2) is 56.5 Å². The molecule has 5 N–H and O–H groups in total. The quantitative estimate of drug-likeness (QED) is 0.513. The fourth-order valence-electron chi connectivity index (χ4n) is 3.70. The summed E-state index contributed by atoms with van der Waals surface area (Å²) in [6.45, 7) is 2.19. The van der Waals surface area contributed by atoms with E-state index in [4.69, 9.17) is 15.2 Å². The molecule has 2 aromatic rings. The number of aromatic nitrogens is 2. The Morgan fingerprint density at radius 1 is 1.54 bits per heavy atom. The zero-order chi connectivity index (χ0) is 20.2. The average Bonchev–Trinajstić information content (AvgIpc) is 3.07. The van der Waals surface area contributed by atoms with Crippen LogP contribution < -0.4 is 16.6 Å². The first-order valence-corrected chi connectivity index (χ1v) is 8.54. The number of esters is 1. The lowest BCUT2D eigenvalue weighted by atomic mass is 9.96. The molecule has 4 atom stereocenters. The summed E-state index contributed by atoms with van der Waals surface area (Å²) in [7, 11) is 0. The summed E-state index contributed by atoms with van der Waals surface area (Å²) in [6.07, 6.45) is -0.142. The van der Waals surface area contributed by atoms with E-state index >= 15 is 0 Å². The van der Waals surface area contributed by atoms with E-state index in [0.29, 0.717) is 16.6 Å². The Bertz CT molecular complexity index is 1060. The molecule has 2 aromatic heterocycles. The van der Waals surface area contributed by atoms with Gasteiger partial charge in [0, 0.05) is 30.3 Å². The highest BCUT2D eigenvalue weighted by Gasteiger charge is 2.56. The fourth-order valence-corrected chi connectivity index (χ4v) is 3.70. The number of nitrogens with one attached hydrogen (secondary N) is 1. The summed E-state index contributed by atoms with van der Waals surface area (Å²) in [6, 6.07) is 1.19. The second-order valence-electron chi connectivity index (χ2n) is 6.91. The second-order valence-corrected chi connectivity index (χ2v) is 6.91. The van der Waals surface area contributed by atoms with E-state index in [1.807, 2.05) is 0 Å². The Kier molecular flexibility index (Phi) is 4.10. The molecular weight excluding hydrogens is 370 g/mol. The molecule has 0 bridgehead atoms. The van der Waals surface area contributed by atoms with Gasteiger partial charge in [-0.15, -0.1) is 0 Å². The molecule has 0 aliphatic carbocycles. The van der Waals surface area contributed by atoms with Gasteiger partial charge >= 0.3 is 5.97 Å². The SMILES string of the molecule is CC(=O)O[C@@H]1[C@@H](CO)O[C@@H](n2cc3c(N)cc(=O)nc4c3c2N=CN4)[C@@]1(C)O. The maximum Gasteiger partial charge on any atom is 0.303 e. The van der Waals surface area contributed by atoms with Gasteiger partial charge in [-0.05, 0) is 6.92 Å². The number of aliphatic imine (C=N–C) groups is 1. The molecule has 0 spiro atoms. The third kappa shape index (κ3) is 2.63. The van der Waals surface area contributed by atoms with Gasteiger partial charge in [0.05, 0.1) is 18.3 Å². The van der Waals surface area contributed by atoms with Crippen LogP contribution in [0.1, 0.15) is 20.1 Å². The number of carbonyl (C=O) groups excluding carboxylic acids is 1. The summed E-state index contributed by atoms with van der Waals surface area (Å²) in [5.41, 5.74) is 4.03. The molecule has 1 saturated heterocycles. The number of rotatable bonds is 3. The highest BCUT2D eigenvalue weighted by Crippen LogP contribution is 2.46. The highest BCUT2D eigenvalue weighted by molar-refractivity contribution is 6.10. The molecule has 0 unspecified atom stereocenters. The van der Waals surface area contributed by atoms with Crippen LogP contribution in [-0.2, 0) is 14.3 Å². The predicted octanol–water partition coefficient (Wildman–Crippen LogP) is -0.364. The van der Waals surface area contributed by atoms with Crippen LogP contribution in [0, 0.1) is 0 Å². The van der Waals surface area contributed by atoms with E-state index in [9.17, 15) is 19.8 Å². The maximum absolute atomic E-state index is 11.9. The van der Waals surface area contributed by atoms with E-state index in [2.05, 4.69) is 15.3 Å². The number of hydrogen-bond donors (Lipinski definition) is 4. The number of hydrogen-bond acceptors (Lipinski definition) is 10. The van der Waals surface area contributed by atoms with Crippen molar-refractivity contribution >= 4 is 40.4 Å². The van der Waals surface area contributed by atoms with Crippen LogP contribution in [0.5, 0.6) is 0 Å². The molecule has 11 heteroatoms. The van der Waals surface area contributed by atoms with Crippen molar-refractivity contribution in [3.63, 3.8) is 0 Å². The van der Waals surface area contributed by atoms with Crippen molar-refractivity contribution in [2.24, 2.45) is 4.99 Å². The van der Waals surface area contributed by atoms with Crippen LogP contribution >= 0.6 is 0 Å². The Morgan fingerprint density at radius 2 is 2.29 bits per heavy atom. The number of nitrogens with zero attached hydrogens (tertiary/aromatic N) is 3. The normalized spacial score (nSPS) is 28.4. The molecule has 2 aliphatic heterocycles. The van der Waals surface area contributed by atoms with Crippen molar-refractivity contribution in [2.45, 2.75) is 37.9 Å². The van der Waals surface area contributed by atoms with E-state index in [-0.39, 0.29) is 11.5 Å². The minimum absolute atomic E-state index is 0.186. The third-order valence-corrected chi connectivity index (χ3v) is 4.89. The van der Waals surface area contributed by atoms with Crippen molar-refractivity contribution in [3.8, 4) is 0 Å². The molecule has 1 fully saturated rings. The minimum Gasteiger partial charge on any atom is -0.456 e. The first-order chi connectivity index (χ1) is 13.2. The van der Waals surface area contributed by atoms with Crippen LogP contribution in [0.15, 0.2) is 22.1 Å². The lowest BCUT2D eigenvalue weighted by Gasteiger charge is -2.30. The molecule has 0 aromatic carbocycles. The lowest BCUT2D eigenvalue weighted by molar-refractivity contribution is -0.161. The zero-order valence-corrected chi connectivity index (χ0v) is 15.1. The first-order valence-electron chi connectivity index (χ1n) is 8.54. The number of nitrogen functional groups attached to an aromatic ring is 1. The van der Waals surface area contributed by atoms with Gasteiger partial charge in [-0.1, -0.05) is 0 Å². The third-order valence-electron chi connectivity index (χ3n) is 4.89. The molecule has 0 saturated carbocycles. The van der Waals surface area contributed by atoms with Crippen LogP contribution in [0.2, 0.25) is 0 Å². The topological polar surface area (TPSA) is 161 Å². The highest BCUT2D eigenvalue weighted by atomic mass is 16.6. The van der Waals surface area contributed by atoms with Crippen LogP contribution in [0.3, 0.4) is 0 Å². The van der Waals surface area contributed by atoms with E-state index < -0.39 is 42.2 Å². The van der Waals surface area contributed by atoms with Gasteiger partial charge in [-0.25, -0.2) is 4.99 Å². The van der Waals surface area contributed by atoms with Gasteiger partial charge in [0.15, 0.2) is 12.3 Å².